The summed E-state index contributed by atoms with van der Waals surface area (Å²) in [7, 11) is -7.74. The van der Waals surface area contributed by atoms with Crippen LogP contribution in [0.1, 0.15) is 15.9 Å². The summed E-state index contributed by atoms with van der Waals surface area (Å²) in [5.74, 6) is -0.521. The van der Waals surface area contributed by atoms with Crippen molar-refractivity contribution in [3.8, 4) is 0 Å². The summed E-state index contributed by atoms with van der Waals surface area (Å²) in [6, 6.07) is 22.4. The minimum absolute atomic E-state index is 0.00651. The molecule has 4 rings (SSSR count). The summed E-state index contributed by atoms with van der Waals surface area (Å²) in [6.45, 7) is 1.75. The zero-order valence-corrected chi connectivity index (χ0v) is 22.9. The first kappa shape index (κ1) is 27.5. The molecule has 196 valence electrons. The van der Waals surface area contributed by atoms with Crippen LogP contribution in [0.25, 0.3) is 0 Å². The number of carbonyl (C=O) groups excluding carboxylic acids is 1. The van der Waals surface area contributed by atoms with Crippen LogP contribution in [0.5, 0.6) is 0 Å². The Morgan fingerprint density at radius 2 is 1.29 bits per heavy atom. The van der Waals surface area contributed by atoms with E-state index in [1.54, 1.807) is 37.3 Å². The van der Waals surface area contributed by atoms with Crippen molar-refractivity contribution in [1.82, 2.24) is 0 Å². The highest BCUT2D eigenvalue weighted by atomic mass is 35.5. The number of anilines is 3. The second kappa shape index (κ2) is 11.0. The minimum atomic E-state index is -3.89. The van der Waals surface area contributed by atoms with Crippen LogP contribution in [0.3, 0.4) is 0 Å². The van der Waals surface area contributed by atoms with Gasteiger partial charge >= 0.3 is 0 Å². The molecule has 0 aliphatic carbocycles. The Morgan fingerprint density at radius 3 is 1.92 bits per heavy atom. The van der Waals surface area contributed by atoms with E-state index in [0.717, 1.165) is 0 Å². The maximum atomic E-state index is 12.8. The van der Waals surface area contributed by atoms with E-state index in [9.17, 15) is 21.6 Å². The molecule has 4 aromatic carbocycles. The van der Waals surface area contributed by atoms with Gasteiger partial charge in [-0.05, 0) is 79.2 Å². The molecule has 1 amide bonds. The van der Waals surface area contributed by atoms with Crippen LogP contribution < -0.4 is 14.8 Å². The fourth-order valence-corrected chi connectivity index (χ4v) is 6.05. The fraction of sp³-hybridized carbons (Fsp3) is 0.0385. The molecular weight excluding hydrogens is 569 g/mol. The summed E-state index contributed by atoms with van der Waals surface area (Å²) in [6.07, 6.45) is 0. The van der Waals surface area contributed by atoms with Crippen molar-refractivity contribution < 1.29 is 21.6 Å². The molecule has 4 aromatic rings. The van der Waals surface area contributed by atoms with Gasteiger partial charge in [0.15, 0.2) is 0 Å². The van der Waals surface area contributed by atoms with Crippen molar-refractivity contribution in [3.05, 3.63) is 112 Å². The molecule has 0 unspecified atom stereocenters. The number of hydrogen-bond donors (Lipinski definition) is 3. The van der Waals surface area contributed by atoms with E-state index >= 15 is 0 Å². The van der Waals surface area contributed by atoms with Crippen LogP contribution in [0.4, 0.5) is 17.1 Å². The SMILES string of the molecule is Cc1ccc(Cl)cc1NS(=O)(=O)c1ccc(NC(=O)c2ccc(NS(=O)(=O)c3ccccc3)c(Cl)c2)cc1. The van der Waals surface area contributed by atoms with E-state index in [-0.39, 0.29) is 26.1 Å². The van der Waals surface area contributed by atoms with Gasteiger partial charge in [-0.3, -0.25) is 14.2 Å². The van der Waals surface area contributed by atoms with E-state index < -0.39 is 26.0 Å². The summed E-state index contributed by atoms with van der Waals surface area (Å²) < 4.78 is 55.5. The van der Waals surface area contributed by atoms with Gasteiger partial charge in [-0.25, -0.2) is 16.8 Å². The Hall–Kier alpha value is -3.57. The Balaban J connectivity index is 1.45. The molecule has 0 fully saturated rings. The minimum Gasteiger partial charge on any atom is -0.322 e. The van der Waals surface area contributed by atoms with Crippen molar-refractivity contribution in [2.75, 3.05) is 14.8 Å². The Bertz CT molecular complexity index is 1710. The third kappa shape index (κ3) is 6.46. The van der Waals surface area contributed by atoms with Crippen molar-refractivity contribution in [1.29, 1.82) is 0 Å². The number of halogens is 2. The zero-order chi connectivity index (χ0) is 27.5. The smallest absolute Gasteiger partial charge is 0.261 e. The number of aryl methyl sites for hydroxylation is 1. The highest BCUT2D eigenvalue weighted by Gasteiger charge is 2.18. The van der Waals surface area contributed by atoms with Gasteiger partial charge in [0, 0.05) is 16.3 Å². The van der Waals surface area contributed by atoms with Gasteiger partial charge in [-0.15, -0.1) is 0 Å². The molecule has 38 heavy (non-hydrogen) atoms. The van der Waals surface area contributed by atoms with Gasteiger partial charge in [0.2, 0.25) is 0 Å². The average Bonchev–Trinajstić information content (AvgIpc) is 2.88. The van der Waals surface area contributed by atoms with E-state index in [0.29, 0.717) is 22.0 Å². The standard InChI is InChI=1S/C26H21Cl2N3O5S2/c1-17-7-9-19(27)16-25(17)31-38(35,36)22-12-10-20(11-13-22)29-26(32)18-8-14-24(23(28)15-18)30-37(33,34)21-5-3-2-4-6-21/h2-16,30-31H,1H3,(H,29,32). The van der Waals surface area contributed by atoms with Gasteiger partial charge in [-0.1, -0.05) is 47.5 Å². The molecule has 0 aliphatic rings. The highest BCUT2D eigenvalue weighted by Crippen LogP contribution is 2.27. The van der Waals surface area contributed by atoms with Crippen LogP contribution in [-0.2, 0) is 20.0 Å². The Kier molecular flexibility index (Phi) is 7.98. The molecule has 0 saturated heterocycles. The van der Waals surface area contributed by atoms with Crippen molar-refractivity contribution in [3.63, 3.8) is 0 Å². The monoisotopic (exact) mass is 589 g/mol. The van der Waals surface area contributed by atoms with Gasteiger partial charge in [0.05, 0.1) is 26.2 Å². The quantitative estimate of drug-likeness (QED) is 0.227. The Morgan fingerprint density at radius 1 is 0.684 bits per heavy atom. The summed E-state index contributed by atoms with van der Waals surface area (Å²) >= 11 is 12.2. The van der Waals surface area contributed by atoms with Crippen LogP contribution in [0.15, 0.2) is 101 Å². The fourth-order valence-electron chi connectivity index (χ4n) is 3.37. The zero-order valence-electron chi connectivity index (χ0n) is 19.8. The molecule has 8 nitrogen and oxygen atoms in total. The van der Waals surface area contributed by atoms with Crippen LogP contribution >= 0.6 is 23.2 Å². The first-order valence-electron chi connectivity index (χ1n) is 11.0. The lowest BCUT2D eigenvalue weighted by Crippen LogP contribution is -2.15. The highest BCUT2D eigenvalue weighted by molar-refractivity contribution is 7.93. The lowest BCUT2D eigenvalue weighted by atomic mass is 10.2. The normalized spacial score (nSPS) is 11.6. The predicted octanol–water partition coefficient (Wildman–Crippen LogP) is 6.16. The second-order valence-electron chi connectivity index (χ2n) is 8.16. The first-order valence-corrected chi connectivity index (χ1v) is 14.7. The lowest BCUT2D eigenvalue weighted by molar-refractivity contribution is 0.102. The third-order valence-electron chi connectivity index (χ3n) is 5.40. The molecule has 12 heteroatoms. The maximum absolute atomic E-state index is 12.8. The number of nitrogens with one attached hydrogen (secondary N) is 3. The van der Waals surface area contributed by atoms with E-state index in [1.165, 1.54) is 60.7 Å². The number of benzene rings is 4. The molecule has 0 bridgehead atoms. The van der Waals surface area contributed by atoms with Crippen LogP contribution in [-0.4, -0.2) is 22.7 Å². The third-order valence-corrected chi connectivity index (χ3v) is 8.71. The number of carbonyl (C=O) groups is 1. The van der Waals surface area contributed by atoms with Gasteiger partial charge in [0.1, 0.15) is 0 Å². The molecule has 0 heterocycles. The van der Waals surface area contributed by atoms with Crippen molar-refractivity contribution in [2.24, 2.45) is 0 Å². The summed E-state index contributed by atoms with van der Waals surface area (Å²) in [5, 5.41) is 3.08. The van der Waals surface area contributed by atoms with Gasteiger partial charge in [0.25, 0.3) is 26.0 Å². The average molecular weight is 591 g/mol. The van der Waals surface area contributed by atoms with Crippen LogP contribution in [0, 0.1) is 6.92 Å². The van der Waals surface area contributed by atoms with E-state index in [4.69, 9.17) is 23.2 Å². The first-order chi connectivity index (χ1) is 17.9. The Labute approximate surface area is 230 Å². The molecule has 0 atom stereocenters. The molecule has 0 spiro atoms. The number of hydrogen-bond acceptors (Lipinski definition) is 5. The predicted molar refractivity (Wildman–Crippen MR) is 150 cm³/mol. The lowest BCUT2D eigenvalue weighted by Gasteiger charge is -2.12. The molecule has 0 saturated carbocycles. The molecule has 0 aliphatic heterocycles. The molecule has 0 radical (unpaired) electrons. The summed E-state index contributed by atoms with van der Waals surface area (Å²) in [5.41, 5.74) is 1.70. The van der Waals surface area contributed by atoms with Crippen LogP contribution in [0.2, 0.25) is 10.0 Å². The van der Waals surface area contributed by atoms with E-state index in [2.05, 4.69) is 14.8 Å². The molecule has 3 N–H and O–H groups in total. The number of amides is 1. The number of rotatable bonds is 8. The number of sulfonamides is 2. The summed E-state index contributed by atoms with van der Waals surface area (Å²) in [4.78, 5) is 12.8. The molecule has 0 aromatic heterocycles. The topological polar surface area (TPSA) is 121 Å². The second-order valence-corrected chi connectivity index (χ2v) is 12.4. The molecular formula is C26H21Cl2N3O5S2. The van der Waals surface area contributed by atoms with Gasteiger partial charge < -0.3 is 5.32 Å². The maximum Gasteiger partial charge on any atom is 0.261 e. The largest absolute Gasteiger partial charge is 0.322 e. The van der Waals surface area contributed by atoms with Gasteiger partial charge in [-0.2, -0.15) is 0 Å². The van der Waals surface area contributed by atoms with Crippen molar-refractivity contribution in [2.45, 2.75) is 16.7 Å². The van der Waals surface area contributed by atoms with Crippen molar-refractivity contribution >= 4 is 66.2 Å². The van der Waals surface area contributed by atoms with E-state index in [1.807, 2.05) is 0 Å².